The van der Waals surface area contributed by atoms with Crippen molar-refractivity contribution in [2.24, 2.45) is 0 Å². The number of methoxy groups -OCH3 is 1. The summed E-state index contributed by atoms with van der Waals surface area (Å²) >= 11 is 1.37. The van der Waals surface area contributed by atoms with Crippen LogP contribution in [0.25, 0.3) is 0 Å². The highest BCUT2D eigenvalue weighted by Gasteiger charge is 2.26. The van der Waals surface area contributed by atoms with Crippen molar-refractivity contribution in [2.75, 3.05) is 19.1 Å². The molecule has 0 fully saturated rings. The Hall–Kier alpha value is -2.34. The lowest BCUT2D eigenvalue weighted by Crippen LogP contribution is -2.26. The normalized spacial score (nSPS) is 13.2. The SMILES string of the molecule is COC(=O)c1ccc2c(c1)Sc1ncccc1N(C)C2=O. The lowest BCUT2D eigenvalue weighted by molar-refractivity contribution is 0.0600. The summed E-state index contributed by atoms with van der Waals surface area (Å²) in [6, 6.07) is 8.56. The number of fused-ring (bicyclic) bond motifs is 2. The number of hydrogen-bond donors (Lipinski definition) is 0. The lowest BCUT2D eigenvalue weighted by Gasteiger charge is -2.16. The highest BCUT2D eigenvalue weighted by atomic mass is 32.2. The van der Waals surface area contributed by atoms with E-state index in [0.29, 0.717) is 16.0 Å². The van der Waals surface area contributed by atoms with E-state index in [2.05, 4.69) is 4.98 Å². The molecule has 1 amide bonds. The average Bonchev–Trinajstić information content (AvgIpc) is 2.62. The second-order valence-electron chi connectivity index (χ2n) is 4.50. The van der Waals surface area contributed by atoms with Gasteiger partial charge in [0.05, 0.1) is 23.9 Å². The molecule has 1 aliphatic heterocycles. The summed E-state index contributed by atoms with van der Waals surface area (Å²) in [5.74, 6) is -0.551. The van der Waals surface area contributed by atoms with Gasteiger partial charge < -0.3 is 9.64 Å². The summed E-state index contributed by atoms with van der Waals surface area (Å²) in [5.41, 5.74) is 1.72. The Kier molecular flexibility index (Phi) is 3.39. The van der Waals surface area contributed by atoms with Crippen molar-refractivity contribution < 1.29 is 14.3 Å². The number of anilines is 1. The number of carbonyl (C=O) groups is 2. The van der Waals surface area contributed by atoms with Gasteiger partial charge in [0.2, 0.25) is 0 Å². The molecule has 6 heteroatoms. The van der Waals surface area contributed by atoms with E-state index in [9.17, 15) is 9.59 Å². The van der Waals surface area contributed by atoms with Gasteiger partial charge >= 0.3 is 5.97 Å². The molecule has 0 saturated carbocycles. The number of carbonyl (C=O) groups excluding carboxylic acids is 2. The summed E-state index contributed by atoms with van der Waals surface area (Å²) in [7, 11) is 3.05. The minimum Gasteiger partial charge on any atom is -0.465 e. The zero-order valence-corrected chi connectivity index (χ0v) is 12.3. The van der Waals surface area contributed by atoms with Gasteiger partial charge in [-0.1, -0.05) is 11.8 Å². The third-order valence-electron chi connectivity index (χ3n) is 3.26. The first-order valence-corrected chi connectivity index (χ1v) is 7.06. The maximum absolute atomic E-state index is 12.5. The summed E-state index contributed by atoms with van der Waals surface area (Å²) in [5, 5.41) is 0.731. The Morgan fingerprint density at radius 2 is 2.14 bits per heavy atom. The summed E-state index contributed by atoms with van der Waals surface area (Å²) in [6.45, 7) is 0. The van der Waals surface area contributed by atoms with E-state index >= 15 is 0 Å². The highest BCUT2D eigenvalue weighted by molar-refractivity contribution is 7.99. The molecule has 0 aliphatic carbocycles. The third kappa shape index (κ3) is 2.27. The van der Waals surface area contributed by atoms with Gasteiger partial charge in [0.15, 0.2) is 0 Å². The summed E-state index contributed by atoms with van der Waals surface area (Å²) < 4.78 is 4.72. The molecule has 2 heterocycles. The Labute approximate surface area is 125 Å². The Morgan fingerprint density at radius 3 is 2.90 bits per heavy atom. The highest BCUT2D eigenvalue weighted by Crippen LogP contribution is 2.39. The molecule has 0 radical (unpaired) electrons. The molecule has 0 saturated heterocycles. The van der Waals surface area contributed by atoms with Crippen LogP contribution in [-0.4, -0.2) is 31.0 Å². The van der Waals surface area contributed by atoms with Crippen LogP contribution in [-0.2, 0) is 4.74 Å². The molecule has 21 heavy (non-hydrogen) atoms. The molecule has 0 unspecified atom stereocenters. The van der Waals surface area contributed by atoms with Crippen molar-refractivity contribution in [2.45, 2.75) is 9.92 Å². The lowest BCUT2D eigenvalue weighted by atomic mass is 10.1. The van der Waals surface area contributed by atoms with Crippen molar-refractivity contribution in [3.05, 3.63) is 47.7 Å². The van der Waals surface area contributed by atoms with Crippen LogP contribution in [0.1, 0.15) is 20.7 Å². The predicted molar refractivity (Wildman–Crippen MR) is 78.9 cm³/mol. The van der Waals surface area contributed by atoms with Gasteiger partial charge in [-0.15, -0.1) is 0 Å². The number of pyridine rings is 1. The quantitative estimate of drug-likeness (QED) is 0.758. The van der Waals surface area contributed by atoms with Gasteiger partial charge in [0.1, 0.15) is 5.03 Å². The Balaban J connectivity index is 2.15. The third-order valence-corrected chi connectivity index (χ3v) is 4.32. The molecule has 1 aromatic carbocycles. The van der Waals surface area contributed by atoms with Gasteiger partial charge in [-0.3, -0.25) is 4.79 Å². The zero-order chi connectivity index (χ0) is 15.0. The van der Waals surface area contributed by atoms with Crippen molar-refractivity contribution in [1.82, 2.24) is 4.98 Å². The van der Waals surface area contributed by atoms with Crippen molar-refractivity contribution in [1.29, 1.82) is 0 Å². The molecule has 0 spiro atoms. The summed E-state index contributed by atoms with van der Waals surface area (Å²) in [4.78, 5) is 30.7. The van der Waals surface area contributed by atoms with Crippen LogP contribution in [0.15, 0.2) is 46.5 Å². The van der Waals surface area contributed by atoms with E-state index in [4.69, 9.17) is 4.74 Å². The van der Waals surface area contributed by atoms with Crippen LogP contribution < -0.4 is 4.90 Å². The van der Waals surface area contributed by atoms with Gasteiger partial charge in [-0.05, 0) is 30.3 Å². The van der Waals surface area contributed by atoms with Crippen molar-refractivity contribution >= 4 is 29.3 Å². The molecule has 2 aromatic rings. The molecular weight excluding hydrogens is 288 g/mol. The number of nitrogens with zero attached hydrogens (tertiary/aromatic N) is 2. The maximum Gasteiger partial charge on any atom is 0.337 e. The van der Waals surface area contributed by atoms with Crippen LogP contribution in [0.4, 0.5) is 5.69 Å². The fourth-order valence-corrected chi connectivity index (χ4v) is 3.22. The first-order chi connectivity index (χ1) is 10.1. The number of rotatable bonds is 1. The predicted octanol–water partition coefficient (Wildman–Crippen LogP) is 2.61. The van der Waals surface area contributed by atoms with Crippen LogP contribution in [0, 0.1) is 0 Å². The first kappa shape index (κ1) is 13.6. The van der Waals surface area contributed by atoms with E-state index < -0.39 is 5.97 Å². The van der Waals surface area contributed by atoms with Crippen LogP contribution in [0.3, 0.4) is 0 Å². The van der Waals surface area contributed by atoms with E-state index in [1.807, 2.05) is 6.07 Å². The minimum absolute atomic E-state index is 0.124. The minimum atomic E-state index is -0.426. The summed E-state index contributed by atoms with van der Waals surface area (Å²) in [6.07, 6.45) is 1.68. The smallest absolute Gasteiger partial charge is 0.337 e. The number of hydrogen-bond acceptors (Lipinski definition) is 5. The monoisotopic (exact) mass is 300 g/mol. The molecule has 0 bridgehead atoms. The number of amides is 1. The van der Waals surface area contributed by atoms with Crippen molar-refractivity contribution in [3.63, 3.8) is 0 Å². The topological polar surface area (TPSA) is 59.5 Å². The largest absolute Gasteiger partial charge is 0.465 e. The second-order valence-corrected chi connectivity index (χ2v) is 5.53. The molecule has 3 rings (SSSR count). The second kappa shape index (κ2) is 5.21. The van der Waals surface area contributed by atoms with E-state index in [1.54, 1.807) is 42.4 Å². The van der Waals surface area contributed by atoms with Crippen LogP contribution in [0.2, 0.25) is 0 Å². The Bertz CT molecular complexity index is 745. The van der Waals surface area contributed by atoms with Crippen LogP contribution in [0.5, 0.6) is 0 Å². The molecule has 106 valence electrons. The van der Waals surface area contributed by atoms with Gasteiger partial charge in [0.25, 0.3) is 5.91 Å². The van der Waals surface area contributed by atoms with Gasteiger partial charge in [-0.2, -0.15) is 0 Å². The van der Waals surface area contributed by atoms with Crippen LogP contribution >= 0.6 is 11.8 Å². The van der Waals surface area contributed by atoms with E-state index in [0.717, 1.165) is 10.7 Å². The van der Waals surface area contributed by atoms with E-state index in [-0.39, 0.29) is 5.91 Å². The molecule has 0 atom stereocenters. The van der Waals surface area contributed by atoms with Crippen molar-refractivity contribution in [3.8, 4) is 0 Å². The fraction of sp³-hybridized carbons (Fsp3) is 0.133. The molecule has 5 nitrogen and oxygen atoms in total. The van der Waals surface area contributed by atoms with Gasteiger partial charge in [0, 0.05) is 18.1 Å². The zero-order valence-electron chi connectivity index (χ0n) is 11.5. The van der Waals surface area contributed by atoms with E-state index in [1.165, 1.54) is 18.9 Å². The molecule has 0 N–H and O–H groups in total. The maximum atomic E-state index is 12.5. The molecule has 1 aromatic heterocycles. The molecular formula is C15H12N2O3S. The number of benzene rings is 1. The molecule has 1 aliphatic rings. The first-order valence-electron chi connectivity index (χ1n) is 6.25. The number of ether oxygens (including phenoxy) is 1. The number of esters is 1. The fourth-order valence-electron chi connectivity index (χ4n) is 2.14. The van der Waals surface area contributed by atoms with Gasteiger partial charge in [-0.25, -0.2) is 9.78 Å². The average molecular weight is 300 g/mol. The standard InChI is InChI=1S/C15H12N2O3S/c1-17-11-4-3-7-16-13(11)21-12-8-9(15(19)20-2)5-6-10(12)14(17)18/h3-8H,1-2H3. The Morgan fingerprint density at radius 1 is 1.33 bits per heavy atom. The number of aromatic nitrogens is 1.